The lowest BCUT2D eigenvalue weighted by Crippen LogP contribution is -2.36. The summed E-state index contributed by atoms with van der Waals surface area (Å²) in [5.74, 6) is -0.0210. The first-order chi connectivity index (χ1) is 8.63. The van der Waals surface area contributed by atoms with Gasteiger partial charge in [0.1, 0.15) is 10.8 Å². The van der Waals surface area contributed by atoms with E-state index in [1.165, 1.54) is 6.07 Å². The summed E-state index contributed by atoms with van der Waals surface area (Å²) >= 11 is 4.92. The number of aliphatic hydroxyl groups excluding tert-OH is 1. The molecule has 18 heavy (non-hydrogen) atoms. The average molecular weight is 268 g/mol. The Hall–Kier alpha value is -1.20. The van der Waals surface area contributed by atoms with E-state index in [4.69, 9.17) is 23.1 Å². The van der Waals surface area contributed by atoms with Gasteiger partial charge in [-0.05, 0) is 30.9 Å². The summed E-state index contributed by atoms with van der Waals surface area (Å²) in [4.78, 5) is 2.18. The van der Waals surface area contributed by atoms with E-state index in [-0.39, 0.29) is 17.4 Å². The topological polar surface area (TPSA) is 49.5 Å². The lowest BCUT2D eigenvalue weighted by Gasteiger charge is -2.34. The summed E-state index contributed by atoms with van der Waals surface area (Å²) in [6, 6.07) is 4.89. The average Bonchev–Trinajstić information content (AvgIpc) is 2.38. The molecule has 3 nitrogen and oxygen atoms in total. The molecule has 1 aromatic rings. The van der Waals surface area contributed by atoms with E-state index < -0.39 is 0 Å². The Labute approximate surface area is 111 Å². The van der Waals surface area contributed by atoms with Crippen LogP contribution in [0.5, 0.6) is 0 Å². The van der Waals surface area contributed by atoms with Crippen LogP contribution in [-0.4, -0.2) is 29.8 Å². The summed E-state index contributed by atoms with van der Waals surface area (Å²) in [5, 5.41) is 9.12. The molecule has 3 N–H and O–H groups in total. The van der Waals surface area contributed by atoms with Crippen molar-refractivity contribution in [3.63, 3.8) is 0 Å². The maximum absolute atomic E-state index is 13.8. The highest BCUT2D eigenvalue weighted by atomic mass is 32.1. The van der Waals surface area contributed by atoms with Crippen LogP contribution < -0.4 is 10.6 Å². The molecular weight excluding hydrogens is 251 g/mol. The van der Waals surface area contributed by atoms with Crippen LogP contribution in [0.4, 0.5) is 10.1 Å². The van der Waals surface area contributed by atoms with E-state index in [1.54, 1.807) is 6.07 Å². The summed E-state index contributed by atoms with van der Waals surface area (Å²) in [5.41, 5.74) is 6.69. The molecule has 0 aliphatic carbocycles. The third-order valence-corrected chi connectivity index (χ3v) is 3.66. The van der Waals surface area contributed by atoms with Crippen LogP contribution in [0.1, 0.15) is 18.4 Å². The molecule has 1 aliphatic rings. The smallest absolute Gasteiger partial charge is 0.135 e. The van der Waals surface area contributed by atoms with Crippen LogP contribution in [0, 0.1) is 11.7 Å². The van der Waals surface area contributed by atoms with Crippen molar-refractivity contribution in [2.24, 2.45) is 11.7 Å². The second-order valence-electron chi connectivity index (χ2n) is 4.61. The van der Waals surface area contributed by atoms with E-state index in [9.17, 15) is 4.39 Å². The van der Waals surface area contributed by atoms with Crippen LogP contribution in [0.2, 0.25) is 0 Å². The number of nitrogens with two attached hydrogens (primary N) is 1. The molecule has 1 aliphatic heterocycles. The fraction of sp³-hybridized carbons (Fsp3) is 0.462. The summed E-state index contributed by atoms with van der Waals surface area (Å²) < 4.78 is 13.8. The number of aliphatic hydroxyl groups is 1. The van der Waals surface area contributed by atoms with Crippen LogP contribution in [0.15, 0.2) is 18.2 Å². The standard InChI is InChI=1S/C13H17FN2OS/c14-10-2-1-3-11(12(10)13(15)18)16-6-4-9(8-17)5-7-16/h1-3,9,17H,4-8H2,(H2,15,18). The lowest BCUT2D eigenvalue weighted by molar-refractivity contribution is 0.203. The van der Waals surface area contributed by atoms with Crippen molar-refractivity contribution in [2.75, 3.05) is 24.6 Å². The quantitative estimate of drug-likeness (QED) is 0.819. The molecule has 5 heteroatoms. The van der Waals surface area contributed by atoms with Crippen molar-refractivity contribution < 1.29 is 9.50 Å². The predicted octanol–water partition coefficient (Wildman–Crippen LogP) is 1.67. The van der Waals surface area contributed by atoms with Gasteiger partial charge in [0.2, 0.25) is 0 Å². The molecule has 0 spiro atoms. The number of thiocarbonyl (C=S) groups is 1. The Morgan fingerprint density at radius 3 is 2.67 bits per heavy atom. The van der Waals surface area contributed by atoms with Gasteiger partial charge in [0.25, 0.3) is 0 Å². The first kappa shape index (κ1) is 13.2. The van der Waals surface area contributed by atoms with Gasteiger partial charge in [-0.15, -0.1) is 0 Å². The number of benzene rings is 1. The third kappa shape index (κ3) is 2.62. The molecule has 0 saturated carbocycles. The van der Waals surface area contributed by atoms with Crippen LogP contribution in [-0.2, 0) is 0 Å². The molecular formula is C13H17FN2OS. The number of hydrogen-bond donors (Lipinski definition) is 2. The monoisotopic (exact) mass is 268 g/mol. The molecule has 0 amide bonds. The van der Waals surface area contributed by atoms with Crippen LogP contribution in [0.25, 0.3) is 0 Å². The van der Waals surface area contributed by atoms with E-state index in [1.807, 2.05) is 6.07 Å². The van der Waals surface area contributed by atoms with Gasteiger partial charge in [-0.2, -0.15) is 0 Å². The number of anilines is 1. The minimum atomic E-state index is -0.371. The Balaban J connectivity index is 2.24. The number of hydrogen-bond acceptors (Lipinski definition) is 3. The normalized spacial score (nSPS) is 16.9. The molecule has 0 unspecified atom stereocenters. The molecule has 0 bridgehead atoms. The summed E-state index contributed by atoms with van der Waals surface area (Å²) in [6.07, 6.45) is 1.81. The zero-order valence-corrected chi connectivity index (χ0v) is 10.9. The summed E-state index contributed by atoms with van der Waals surface area (Å²) in [6.45, 7) is 1.81. The number of rotatable bonds is 3. The van der Waals surface area contributed by atoms with Crippen molar-refractivity contribution >= 4 is 22.9 Å². The Morgan fingerprint density at radius 2 is 2.11 bits per heavy atom. The first-order valence-corrected chi connectivity index (χ1v) is 6.48. The van der Waals surface area contributed by atoms with E-state index in [0.29, 0.717) is 11.5 Å². The largest absolute Gasteiger partial charge is 0.396 e. The fourth-order valence-corrected chi connectivity index (χ4v) is 2.58. The number of piperidine rings is 1. The van der Waals surface area contributed by atoms with Crippen molar-refractivity contribution in [3.8, 4) is 0 Å². The van der Waals surface area contributed by atoms with Crippen LogP contribution in [0.3, 0.4) is 0 Å². The minimum Gasteiger partial charge on any atom is -0.396 e. The zero-order chi connectivity index (χ0) is 13.1. The predicted molar refractivity (Wildman–Crippen MR) is 74.3 cm³/mol. The second kappa shape index (κ2) is 5.63. The molecule has 1 aromatic carbocycles. The van der Waals surface area contributed by atoms with Crippen molar-refractivity contribution in [2.45, 2.75) is 12.8 Å². The summed E-state index contributed by atoms with van der Waals surface area (Å²) in [7, 11) is 0. The lowest BCUT2D eigenvalue weighted by atomic mass is 9.97. The van der Waals surface area contributed by atoms with Gasteiger partial charge in [0.15, 0.2) is 0 Å². The van der Waals surface area contributed by atoms with Crippen molar-refractivity contribution in [1.82, 2.24) is 0 Å². The SMILES string of the molecule is NC(=S)c1c(F)cccc1N1CCC(CO)CC1. The minimum absolute atomic E-state index is 0.0902. The van der Waals surface area contributed by atoms with E-state index >= 15 is 0 Å². The van der Waals surface area contributed by atoms with Crippen molar-refractivity contribution in [1.29, 1.82) is 0 Å². The zero-order valence-electron chi connectivity index (χ0n) is 10.1. The van der Waals surface area contributed by atoms with Gasteiger partial charge in [0, 0.05) is 25.4 Å². The van der Waals surface area contributed by atoms with Gasteiger partial charge in [-0.3, -0.25) is 0 Å². The molecule has 2 rings (SSSR count). The molecule has 0 atom stereocenters. The highest BCUT2D eigenvalue weighted by Crippen LogP contribution is 2.27. The van der Waals surface area contributed by atoms with E-state index in [2.05, 4.69) is 4.90 Å². The molecule has 0 aromatic heterocycles. The van der Waals surface area contributed by atoms with Gasteiger partial charge < -0.3 is 15.7 Å². The Kier molecular flexibility index (Phi) is 4.14. The Morgan fingerprint density at radius 1 is 1.44 bits per heavy atom. The molecule has 1 saturated heterocycles. The highest BCUT2D eigenvalue weighted by molar-refractivity contribution is 7.80. The fourth-order valence-electron chi connectivity index (χ4n) is 2.38. The molecule has 1 heterocycles. The highest BCUT2D eigenvalue weighted by Gasteiger charge is 2.22. The van der Waals surface area contributed by atoms with Gasteiger partial charge >= 0.3 is 0 Å². The molecule has 1 fully saturated rings. The molecule has 0 radical (unpaired) electrons. The Bertz CT molecular complexity index is 445. The molecule has 98 valence electrons. The van der Waals surface area contributed by atoms with Crippen LogP contribution >= 0.6 is 12.2 Å². The van der Waals surface area contributed by atoms with Gasteiger partial charge in [-0.1, -0.05) is 18.3 Å². The third-order valence-electron chi connectivity index (χ3n) is 3.45. The maximum atomic E-state index is 13.8. The van der Waals surface area contributed by atoms with E-state index in [0.717, 1.165) is 31.6 Å². The number of halogens is 1. The first-order valence-electron chi connectivity index (χ1n) is 6.07. The van der Waals surface area contributed by atoms with Gasteiger partial charge in [0.05, 0.1) is 5.56 Å². The number of nitrogens with zero attached hydrogens (tertiary/aromatic N) is 1. The van der Waals surface area contributed by atoms with Gasteiger partial charge in [-0.25, -0.2) is 4.39 Å². The maximum Gasteiger partial charge on any atom is 0.135 e. The second-order valence-corrected chi connectivity index (χ2v) is 5.05. The van der Waals surface area contributed by atoms with Crippen molar-refractivity contribution in [3.05, 3.63) is 29.6 Å².